The number of carbonyl (C=O) groups is 1. The SMILES string of the molecule is O=C(NC1[C@H](O)OC(CO)[C@@H](O)[C@@H]1O)C(F)F. The van der Waals surface area contributed by atoms with Crippen molar-refractivity contribution in [3.05, 3.63) is 0 Å². The van der Waals surface area contributed by atoms with Crippen LogP contribution < -0.4 is 5.32 Å². The van der Waals surface area contributed by atoms with Gasteiger partial charge >= 0.3 is 6.43 Å². The van der Waals surface area contributed by atoms with Gasteiger partial charge in [0.1, 0.15) is 24.4 Å². The van der Waals surface area contributed by atoms with Crippen LogP contribution in [0.2, 0.25) is 0 Å². The highest BCUT2D eigenvalue weighted by Gasteiger charge is 2.44. The van der Waals surface area contributed by atoms with E-state index in [1.165, 1.54) is 0 Å². The van der Waals surface area contributed by atoms with E-state index in [1.807, 2.05) is 0 Å². The van der Waals surface area contributed by atoms with Gasteiger partial charge in [0.25, 0.3) is 5.91 Å². The molecule has 0 radical (unpaired) electrons. The molecule has 1 saturated heterocycles. The number of alkyl halides is 2. The number of carbonyl (C=O) groups excluding carboxylic acids is 1. The Morgan fingerprint density at radius 2 is 1.88 bits per heavy atom. The molecule has 1 heterocycles. The van der Waals surface area contributed by atoms with Crippen LogP contribution in [-0.2, 0) is 9.53 Å². The summed E-state index contributed by atoms with van der Waals surface area (Å²) in [5.74, 6) is -1.70. The van der Waals surface area contributed by atoms with E-state index < -0.39 is 49.6 Å². The van der Waals surface area contributed by atoms with Gasteiger partial charge in [0.15, 0.2) is 6.29 Å². The predicted octanol–water partition coefficient (Wildman–Crippen LogP) is -2.83. The van der Waals surface area contributed by atoms with Crippen molar-refractivity contribution in [2.45, 2.75) is 37.1 Å². The number of halogens is 2. The van der Waals surface area contributed by atoms with Gasteiger partial charge in [-0.3, -0.25) is 4.79 Å². The molecule has 1 aliphatic rings. The van der Waals surface area contributed by atoms with Gasteiger partial charge in [0, 0.05) is 0 Å². The molecular formula is C8H13F2NO6. The summed E-state index contributed by atoms with van der Waals surface area (Å²) in [6, 6.07) is -1.59. The molecule has 1 amide bonds. The number of amides is 1. The van der Waals surface area contributed by atoms with Crippen molar-refractivity contribution in [1.82, 2.24) is 5.32 Å². The zero-order valence-electron chi connectivity index (χ0n) is 8.53. The van der Waals surface area contributed by atoms with Crippen molar-refractivity contribution in [2.24, 2.45) is 0 Å². The first-order valence-corrected chi connectivity index (χ1v) is 4.77. The van der Waals surface area contributed by atoms with Crippen molar-refractivity contribution in [3.63, 3.8) is 0 Å². The molecule has 0 aromatic rings. The molecule has 5 atom stereocenters. The number of aliphatic hydroxyl groups is 4. The monoisotopic (exact) mass is 257 g/mol. The summed E-state index contributed by atoms with van der Waals surface area (Å²) in [7, 11) is 0. The highest BCUT2D eigenvalue weighted by molar-refractivity contribution is 5.79. The second-order valence-corrected chi connectivity index (χ2v) is 3.56. The highest BCUT2D eigenvalue weighted by atomic mass is 19.3. The molecule has 1 aliphatic heterocycles. The fraction of sp³-hybridized carbons (Fsp3) is 0.875. The maximum atomic E-state index is 12.0. The zero-order chi connectivity index (χ0) is 13.2. The molecule has 1 rings (SSSR count). The van der Waals surface area contributed by atoms with E-state index in [2.05, 4.69) is 4.74 Å². The van der Waals surface area contributed by atoms with Crippen molar-refractivity contribution >= 4 is 5.91 Å². The molecule has 0 aliphatic carbocycles. The third-order valence-electron chi connectivity index (χ3n) is 2.41. The number of hydrogen-bond acceptors (Lipinski definition) is 6. The molecule has 0 aromatic carbocycles. The Morgan fingerprint density at radius 1 is 1.29 bits per heavy atom. The third-order valence-corrected chi connectivity index (χ3v) is 2.41. The van der Waals surface area contributed by atoms with Crippen LogP contribution in [0.4, 0.5) is 8.78 Å². The lowest BCUT2D eigenvalue weighted by atomic mass is 9.97. The molecule has 5 N–H and O–H groups in total. The predicted molar refractivity (Wildman–Crippen MR) is 47.9 cm³/mol. The normalized spacial score (nSPS) is 38.2. The average molecular weight is 257 g/mol. The van der Waals surface area contributed by atoms with E-state index in [9.17, 15) is 28.9 Å². The van der Waals surface area contributed by atoms with E-state index in [1.54, 1.807) is 5.32 Å². The van der Waals surface area contributed by atoms with Crippen molar-refractivity contribution in [2.75, 3.05) is 6.61 Å². The molecule has 0 saturated carbocycles. The molecule has 0 bridgehead atoms. The van der Waals surface area contributed by atoms with Crippen molar-refractivity contribution in [1.29, 1.82) is 0 Å². The minimum Gasteiger partial charge on any atom is -0.394 e. The molecule has 7 nitrogen and oxygen atoms in total. The molecule has 1 fully saturated rings. The van der Waals surface area contributed by atoms with Gasteiger partial charge in [-0.25, -0.2) is 0 Å². The summed E-state index contributed by atoms with van der Waals surface area (Å²) in [5.41, 5.74) is 0. The van der Waals surface area contributed by atoms with Crippen LogP contribution >= 0.6 is 0 Å². The summed E-state index contributed by atoms with van der Waals surface area (Å²) in [6.45, 7) is -0.676. The Bertz CT molecular complexity index is 279. The Kier molecular flexibility index (Phi) is 4.71. The van der Waals surface area contributed by atoms with Gasteiger partial charge in [-0.15, -0.1) is 0 Å². The first kappa shape index (κ1) is 14.2. The van der Waals surface area contributed by atoms with Crippen molar-refractivity contribution in [3.8, 4) is 0 Å². The van der Waals surface area contributed by atoms with Crippen molar-refractivity contribution < 1.29 is 38.7 Å². The first-order valence-electron chi connectivity index (χ1n) is 4.77. The second kappa shape index (κ2) is 5.65. The fourth-order valence-corrected chi connectivity index (χ4v) is 1.48. The Balaban J connectivity index is 2.69. The number of ether oxygens (including phenoxy) is 1. The summed E-state index contributed by atoms with van der Waals surface area (Å²) >= 11 is 0. The van der Waals surface area contributed by atoms with E-state index in [0.717, 1.165) is 0 Å². The molecule has 0 spiro atoms. The minimum atomic E-state index is -3.32. The van der Waals surface area contributed by atoms with Gasteiger partial charge in [-0.2, -0.15) is 8.78 Å². The average Bonchev–Trinajstić information content (AvgIpc) is 2.28. The Morgan fingerprint density at radius 3 is 2.35 bits per heavy atom. The summed E-state index contributed by atoms with van der Waals surface area (Å²) in [6.07, 6.45) is -9.69. The third kappa shape index (κ3) is 3.07. The molecule has 2 unspecified atom stereocenters. The van der Waals surface area contributed by atoms with Gasteiger partial charge in [0.05, 0.1) is 6.61 Å². The molecule has 9 heteroatoms. The lowest BCUT2D eigenvalue weighted by Crippen LogP contribution is -2.64. The summed E-state index contributed by atoms with van der Waals surface area (Å²) in [4.78, 5) is 10.7. The van der Waals surface area contributed by atoms with E-state index in [4.69, 9.17) is 5.11 Å². The second-order valence-electron chi connectivity index (χ2n) is 3.56. The standard InChI is InChI=1S/C8H13F2NO6/c9-6(10)7(15)11-3-5(14)4(13)2(1-12)17-8(3)16/h2-6,8,12-14,16H,1H2,(H,11,15)/t2?,3?,4-,5-,8-/m1/s1. The first-order chi connectivity index (χ1) is 7.88. The zero-order valence-corrected chi connectivity index (χ0v) is 8.53. The van der Waals surface area contributed by atoms with Crippen LogP contribution in [-0.4, -0.2) is 70.0 Å². The van der Waals surface area contributed by atoms with Gasteiger partial charge in [-0.05, 0) is 0 Å². The molecule has 0 aromatic heterocycles. The van der Waals surface area contributed by atoms with Crippen LogP contribution in [0.15, 0.2) is 0 Å². The number of aliphatic hydroxyl groups excluding tert-OH is 4. The largest absolute Gasteiger partial charge is 0.394 e. The van der Waals surface area contributed by atoms with Gasteiger partial charge in [0.2, 0.25) is 0 Å². The lowest BCUT2D eigenvalue weighted by Gasteiger charge is -2.40. The van der Waals surface area contributed by atoms with Crippen LogP contribution in [0.1, 0.15) is 0 Å². The maximum Gasteiger partial charge on any atom is 0.315 e. The summed E-state index contributed by atoms with van der Waals surface area (Å²) < 4.78 is 28.6. The maximum absolute atomic E-state index is 12.0. The Labute approximate surface area is 94.6 Å². The van der Waals surface area contributed by atoms with Crippen LogP contribution in [0, 0.1) is 0 Å². The molecule has 100 valence electrons. The topological polar surface area (TPSA) is 119 Å². The van der Waals surface area contributed by atoms with E-state index in [-0.39, 0.29) is 0 Å². The molecular weight excluding hydrogens is 244 g/mol. The highest BCUT2D eigenvalue weighted by Crippen LogP contribution is 2.19. The quantitative estimate of drug-likeness (QED) is 0.372. The summed E-state index contributed by atoms with van der Waals surface area (Å²) in [5, 5.41) is 38.6. The van der Waals surface area contributed by atoms with Gasteiger partial charge in [-0.1, -0.05) is 0 Å². The van der Waals surface area contributed by atoms with Crippen LogP contribution in [0.25, 0.3) is 0 Å². The number of hydrogen-bond donors (Lipinski definition) is 5. The van der Waals surface area contributed by atoms with E-state index >= 15 is 0 Å². The van der Waals surface area contributed by atoms with Crippen LogP contribution in [0.3, 0.4) is 0 Å². The fourth-order valence-electron chi connectivity index (χ4n) is 1.48. The van der Waals surface area contributed by atoms with Gasteiger partial charge < -0.3 is 30.5 Å². The smallest absolute Gasteiger partial charge is 0.315 e. The van der Waals surface area contributed by atoms with Crippen LogP contribution in [0.5, 0.6) is 0 Å². The van der Waals surface area contributed by atoms with E-state index in [0.29, 0.717) is 0 Å². The lowest BCUT2D eigenvalue weighted by molar-refractivity contribution is -0.254. The minimum absolute atomic E-state index is 0.676. The number of rotatable bonds is 3. The molecule has 17 heavy (non-hydrogen) atoms. The Hall–Kier alpha value is -0.870. The number of nitrogens with one attached hydrogen (secondary N) is 1.